The van der Waals surface area contributed by atoms with E-state index in [0.717, 1.165) is 0 Å². The summed E-state index contributed by atoms with van der Waals surface area (Å²) in [7, 11) is 0. The van der Waals surface area contributed by atoms with Crippen LogP contribution in [0.3, 0.4) is 0 Å². The SMILES string of the molecule is N#Cc1cccc2c1C(N=O)C(=O)N2Cc1cc(F)cc2c1OCOC2. The van der Waals surface area contributed by atoms with Crippen LogP contribution in [0.5, 0.6) is 5.75 Å². The van der Waals surface area contributed by atoms with Crippen molar-refractivity contribution in [2.24, 2.45) is 5.18 Å². The maximum absolute atomic E-state index is 14.0. The third kappa shape index (κ3) is 2.41. The molecule has 2 heterocycles. The third-order valence-electron chi connectivity index (χ3n) is 4.45. The predicted molar refractivity (Wildman–Crippen MR) is 87.6 cm³/mol. The summed E-state index contributed by atoms with van der Waals surface area (Å²) in [5.74, 6) is -0.565. The van der Waals surface area contributed by atoms with Gasteiger partial charge in [0.05, 0.1) is 30.5 Å². The van der Waals surface area contributed by atoms with Crippen molar-refractivity contribution in [1.82, 2.24) is 0 Å². The number of amides is 1. The summed E-state index contributed by atoms with van der Waals surface area (Å²) in [6, 6.07) is 8.08. The number of nitriles is 1. The average molecular weight is 353 g/mol. The molecule has 26 heavy (non-hydrogen) atoms. The fourth-order valence-electron chi connectivity index (χ4n) is 3.37. The van der Waals surface area contributed by atoms with E-state index in [-0.39, 0.29) is 31.1 Å². The van der Waals surface area contributed by atoms with Gasteiger partial charge in [0, 0.05) is 16.7 Å². The molecule has 0 N–H and O–H groups in total. The number of hydrogen-bond acceptors (Lipinski definition) is 6. The number of hydrogen-bond donors (Lipinski definition) is 0. The summed E-state index contributed by atoms with van der Waals surface area (Å²) < 4.78 is 24.6. The molecule has 7 nitrogen and oxygen atoms in total. The molecular weight excluding hydrogens is 341 g/mol. The highest BCUT2D eigenvalue weighted by Gasteiger charge is 2.40. The second-order valence-electron chi connectivity index (χ2n) is 5.95. The van der Waals surface area contributed by atoms with Crippen LogP contribution >= 0.6 is 0 Å². The molecule has 2 aromatic carbocycles. The van der Waals surface area contributed by atoms with Crippen LogP contribution in [0.4, 0.5) is 10.1 Å². The zero-order valence-electron chi connectivity index (χ0n) is 13.4. The van der Waals surface area contributed by atoms with Crippen molar-refractivity contribution in [3.8, 4) is 11.8 Å². The third-order valence-corrected chi connectivity index (χ3v) is 4.45. The van der Waals surface area contributed by atoms with E-state index in [2.05, 4.69) is 5.18 Å². The number of carbonyl (C=O) groups is 1. The topological polar surface area (TPSA) is 92.0 Å². The molecule has 0 aromatic heterocycles. The maximum atomic E-state index is 14.0. The number of rotatable bonds is 3. The molecule has 0 saturated carbocycles. The Morgan fingerprint density at radius 2 is 2.23 bits per heavy atom. The molecule has 8 heteroatoms. The number of benzene rings is 2. The van der Waals surface area contributed by atoms with Gasteiger partial charge in [0.1, 0.15) is 11.6 Å². The van der Waals surface area contributed by atoms with Crippen molar-refractivity contribution in [3.05, 3.63) is 63.3 Å². The molecule has 2 aromatic rings. The zero-order valence-corrected chi connectivity index (χ0v) is 13.4. The van der Waals surface area contributed by atoms with E-state index < -0.39 is 17.8 Å². The minimum atomic E-state index is -1.28. The Morgan fingerprint density at radius 1 is 1.38 bits per heavy atom. The molecule has 1 atom stereocenters. The van der Waals surface area contributed by atoms with Crippen LogP contribution in [0.15, 0.2) is 35.5 Å². The van der Waals surface area contributed by atoms with Crippen LogP contribution in [0, 0.1) is 22.1 Å². The van der Waals surface area contributed by atoms with Crippen molar-refractivity contribution in [2.45, 2.75) is 19.2 Å². The Balaban J connectivity index is 1.79. The summed E-state index contributed by atoms with van der Waals surface area (Å²) in [6.07, 6.45) is 0. The van der Waals surface area contributed by atoms with Crippen LogP contribution in [0.2, 0.25) is 0 Å². The molecule has 0 fully saturated rings. The van der Waals surface area contributed by atoms with Crippen molar-refractivity contribution >= 4 is 11.6 Å². The standard InChI is InChI=1S/C18H12FN3O4/c19-13-4-11(17-12(5-13)8-25-9-26-17)7-22-14-3-1-2-10(6-20)15(14)16(21-24)18(22)23/h1-5,16H,7-9H2. The van der Waals surface area contributed by atoms with Crippen LogP contribution in [-0.2, 0) is 22.7 Å². The number of fused-ring (bicyclic) bond motifs is 2. The normalized spacial score (nSPS) is 17.9. The van der Waals surface area contributed by atoms with Gasteiger partial charge in [-0.1, -0.05) is 11.2 Å². The van der Waals surface area contributed by atoms with Crippen molar-refractivity contribution in [1.29, 1.82) is 5.26 Å². The van der Waals surface area contributed by atoms with Gasteiger partial charge in [-0.05, 0) is 24.3 Å². The van der Waals surface area contributed by atoms with Gasteiger partial charge in [0.25, 0.3) is 5.91 Å². The monoisotopic (exact) mass is 353 g/mol. The first kappa shape index (κ1) is 16.2. The number of anilines is 1. The summed E-state index contributed by atoms with van der Waals surface area (Å²) in [5, 5.41) is 12.2. The van der Waals surface area contributed by atoms with Gasteiger partial charge in [-0.3, -0.25) is 4.79 Å². The fourth-order valence-corrected chi connectivity index (χ4v) is 3.37. The van der Waals surface area contributed by atoms with Gasteiger partial charge < -0.3 is 14.4 Å². The fraction of sp³-hybridized carbons (Fsp3) is 0.222. The zero-order chi connectivity index (χ0) is 18.3. The minimum absolute atomic E-state index is 0.00711. The summed E-state index contributed by atoms with van der Waals surface area (Å²) in [4.78, 5) is 25.2. The Bertz CT molecular complexity index is 970. The van der Waals surface area contributed by atoms with Crippen molar-refractivity contribution < 1.29 is 18.7 Å². The van der Waals surface area contributed by atoms with Gasteiger partial charge in [0.15, 0.2) is 12.8 Å². The lowest BCUT2D eigenvalue weighted by Gasteiger charge is -2.24. The number of nitrogens with zero attached hydrogens (tertiary/aromatic N) is 3. The van der Waals surface area contributed by atoms with E-state index in [1.807, 2.05) is 6.07 Å². The van der Waals surface area contributed by atoms with Crippen LogP contribution < -0.4 is 9.64 Å². The van der Waals surface area contributed by atoms with E-state index in [1.165, 1.54) is 23.1 Å². The molecule has 0 saturated heterocycles. The van der Waals surface area contributed by atoms with Gasteiger partial charge in [0.2, 0.25) is 0 Å². The average Bonchev–Trinajstić information content (AvgIpc) is 2.93. The van der Waals surface area contributed by atoms with Gasteiger partial charge in [-0.15, -0.1) is 4.91 Å². The quantitative estimate of drug-likeness (QED) is 0.791. The number of halogens is 1. The van der Waals surface area contributed by atoms with Gasteiger partial charge >= 0.3 is 0 Å². The highest BCUT2D eigenvalue weighted by Crippen LogP contribution is 2.42. The van der Waals surface area contributed by atoms with Gasteiger partial charge in [-0.2, -0.15) is 5.26 Å². The molecule has 0 radical (unpaired) electrons. The lowest BCUT2D eigenvalue weighted by Crippen LogP contribution is -2.28. The second-order valence-corrected chi connectivity index (χ2v) is 5.95. The first-order valence-corrected chi connectivity index (χ1v) is 7.82. The maximum Gasteiger partial charge on any atom is 0.260 e. The minimum Gasteiger partial charge on any atom is -0.467 e. The molecule has 1 amide bonds. The van der Waals surface area contributed by atoms with Crippen LogP contribution in [0.1, 0.15) is 28.3 Å². The Labute approximate surface area is 147 Å². The molecule has 2 aliphatic rings. The number of nitroso groups, excluding NO2 is 1. The van der Waals surface area contributed by atoms with Gasteiger partial charge in [-0.25, -0.2) is 4.39 Å². The van der Waals surface area contributed by atoms with E-state index >= 15 is 0 Å². The molecule has 0 bridgehead atoms. The Kier molecular flexibility index (Phi) is 3.86. The Hall–Kier alpha value is -3.31. The molecule has 2 aliphatic heterocycles. The summed E-state index contributed by atoms with van der Waals surface area (Å²) >= 11 is 0. The summed E-state index contributed by atoms with van der Waals surface area (Å²) in [5.41, 5.74) is 1.92. The van der Waals surface area contributed by atoms with Crippen LogP contribution in [0.25, 0.3) is 0 Å². The highest BCUT2D eigenvalue weighted by atomic mass is 19.1. The van der Waals surface area contributed by atoms with Crippen molar-refractivity contribution in [2.75, 3.05) is 11.7 Å². The number of carbonyl (C=O) groups excluding carboxylic acids is 1. The van der Waals surface area contributed by atoms with Crippen molar-refractivity contribution in [3.63, 3.8) is 0 Å². The highest BCUT2D eigenvalue weighted by molar-refractivity contribution is 6.05. The van der Waals surface area contributed by atoms with Crippen LogP contribution in [-0.4, -0.2) is 12.7 Å². The van der Waals surface area contributed by atoms with E-state index in [1.54, 1.807) is 12.1 Å². The molecule has 130 valence electrons. The predicted octanol–water partition coefficient (Wildman–Crippen LogP) is 2.92. The lowest BCUT2D eigenvalue weighted by molar-refractivity contribution is -0.119. The molecular formula is C18H12FN3O4. The molecule has 4 rings (SSSR count). The number of ether oxygens (including phenoxy) is 2. The largest absolute Gasteiger partial charge is 0.467 e. The molecule has 0 aliphatic carbocycles. The smallest absolute Gasteiger partial charge is 0.260 e. The first-order chi connectivity index (χ1) is 12.6. The van der Waals surface area contributed by atoms with E-state index in [0.29, 0.717) is 22.6 Å². The first-order valence-electron chi connectivity index (χ1n) is 7.82. The van der Waals surface area contributed by atoms with E-state index in [4.69, 9.17) is 9.47 Å². The molecule has 1 unspecified atom stereocenters. The summed E-state index contributed by atoms with van der Waals surface area (Å²) in [6.45, 7) is 0.238. The Morgan fingerprint density at radius 3 is 3.00 bits per heavy atom. The van der Waals surface area contributed by atoms with E-state index in [9.17, 15) is 19.4 Å². The second kappa shape index (κ2) is 6.20. The molecule has 0 spiro atoms. The lowest BCUT2D eigenvalue weighted by atomic mass is 10.0.